The summed E-state index contributed by atoms with van der Waals surface area (Å²) in [6.45, 7) is 2.64. The smallest absolute Gasteiger partial charge is 0.129 e. The second-order valence-corrected chi connectivity index (χ2v) is 4.37. The van der Waals surface area contributed by atoms with Crippen molar-refractivity contribution >= 4 is 15.9 Å². The van der Waals surface area contributed by atoms with Gasteiger partial charge in [0.1, 0.15) is 5.82 Å². The highest BCUT2D eigenvalue weighted by Crippen LogP contribution is 2.38. The molecule has 1 aromatic rings. The van der Waals surface area contributed by atoms with E-state index in [1.807, 2.05) is 6.92 Å². The van der Waals surface area contributed by atoms with Gasteiger partial charge in [0.15, 0.2) is 0 Å². The molecule has 0 N–H and O–H groups in total. The number of benzene rings is 1. The van der Waals surface area contributed by atoms with Gasteiger partial charge in [0.2, 0.25) is 0 Å². The molecule has 0 amide bonds. The maximum atomic E-state index is 13.4. The summed E-state index contributed by atoms with van der Waals surface area (Å²) in [6, 6.07) is 4.95. The van der Waals surface area contributed by atoms with Gasteiger partial charge in [-0.15, -0.1) is 0 Å². The van der Waals surface area contributed by atoms with Gasteiger partial charge in [-0.3, -0.25) is 0 Å². The van der Waals surface area contributed by atoms with Crippen LogP contribution in [0.4, 0.5) is 4.39 Å². The average molecular weight is 245 g/mol. The van der Waals surface area contributed by atoms with E-state index in [4.69, 9.17) is 4.74 Å². The van der Waals surface area contributed by atoms with Crippen LogP contribution in [-0.2, 0) is 10.3 Å². The second kappa shape index (κ2) is 3.07. The molecule has 3 heteroatoms. The molecule has 1 saturated heterocycles. The molecule has 0 bridgehead atoms. The zero-order chi connectivity index (χ0) is 9.47. The van der Waals surface area contributed by atoms with Crippen LogP contribution in [0.3, 0.4) is 0 Å². The fourth-order valence-corrected chi connectivity index (χ4v) is 1.88. The van der Waals surface area contributed by atoms with Crippen molar-refractivity contribution in [2.45, 2.75) is 18.9 Å². The van der Waals surface area contributed by atoms with Gasteiger partial charge in [0.25, 0.3) is 0 Å². The van der Waals surface area contributed by atoms with E-state index < -0.39 is 5.60 Å². The van der Waals surface area contributed by atoms with E-state index in [2.05, 4.69) is 15.9 Å². The van der Waals surface area contributed by atoms with Gasteiger partial charge in [0, 0.05) is 16.5 Å². The van der Waals surface area contributed by atoms with Crippen LogP contribution in [-0.4, -0.2) is 6.61 Å². The van der Waals surface area contributed by atoms with Gasteiger partial charge in [-0.2, -0.15) is 0 Å². The third kappa shape index (κ3) is 1.51. The topological polar surface area (TPSA) is 9.23 Å². The Balaban J connectivity index is 2.43. The van der Waals surface area contributed by atoms with Crippen molar-refractivity contribution in [1.82, 2.24) is 0 Å². The van der Waals surface area contributed by atoms with E-state index >= 15 is 0 Å². The minimum atomic E-state index is -0.409. The Morgan fingerprint density at radius 1 is 1.54 bits per heavy atom. The van der Waals surface area contributed by atoms with Gasteiger partial charge in [-0.25, -0.2) is 4.39 Å². The molecule has 0 aromatic heterocycles. The molecule has 1 aromatic carbocycles. The largest absolute Gasteiger partial charge is 0.370 e. The summed E-state index contributed by atoms with van der Waals surface area (Å²) in [5.41, 5.74) is 0.238. The van der Waals surface area contributed by atoms with Crippen LogP contribution in [0.1, 0.15) is 18.9 Å². The Hall–Kier alpha value is -0.410. The summed E-state index contributed by atoms with van der Waals surface area (Å²) in [5, 5.41) is 0. The molecule has 0 aliphatic carbocycles. The molecule has 1 heterocycles. The number of ether oxygens (including phenoxy) is 1. The summed E-state index contributed by atoms with van der Waals surface area (Å²) < 4.78 is 19.7. The van der Waals surface area contributed by atoms with Crippen LogP contribution in [0, 0.1) is 5.82 Å². The van der Waals surface area contributed by atoms with E-state index in [0.29, 0.717) is 5.56 Å². The first kappa shape index (κ1) is 9.16. The fourth-order valence-electron chi connectivity index (χ4n) is 1.52. The van der Waals surface area contributed by atoms with Crippen molar-refractivity contribution in [2.75, 3.05) is 6.61 Å². The average Bonchev–Trinajstić information content (AvgIpc) is 2.05. The van der Waals surface area contributed by atoms with E-state index in [0.717, 1.165) is 17.5 Å². The van der Waals surface area contributed by atoms with Gasteiger partial charge in [-0.05, 0) is 25.1 Å². The molecule has 0 spiro atoms. The second-order valence-electron chi connectivity index (χ2n) is 3.45. The van der Waals surface area contributed by atoms with E-state index in [-0.39, 0.29) is 5.82 Å². The van der Waals surface area contributed by atoms with Crippen LogP contribution in [0.15, 0.2) is 22.7 Å². The molecule has 1 atom stereocenters. The minimum absolute atomic E-state index is 0.189. The maximum Gasteiger partial charge on any atom is 0.129 e. The van der Waals surface area contributed by atoms with Crippen LogP contribution >= 0.6 is 15.9 Å². The molecule has 1 aliphatic heterocycles. The molecular weight excluding hydrogens is 235 g/mol. The maximum absolute atomic E-state index is 13.4. The summed E-state index contributed by atoms with van der Waals surface area (Å²) >= 11 is 3.32. The number of rotatable bonds is 1. The van der Waals surface area contributed by atoms with Crippen molar-refractivity contribution in [1.29, 1.82) is 0 Å². The molecular formula is C10H10BrFO. The first-order chi connectivity index (χ1) is 6.12. The van der Waals surface area contributed by atoms with Gasteiger partial charge in [-0.1, -0.05) is 15.9 Å². The first-order valence-electron chi connectivity index (χ1n) is 4.21. The summed E-state index contributed by atoms with van der Waals surface area (Å²) in [7, 11) is 0. The number of hydrogen-bond donors (Lipinski definition) is 0. The van der Waals surface area contributed by atoms with Crippen molar-refractivity contribution in [3.8, 4) is 0 Å². The van der Waals surface area contributed by atoms with Crippen LogP contribution in [0.25, 0.3) is 0 Å². The molecule has 2 rings (SSSR count). The van der Waals surface area contributed by atoms with Gasteiger partial charge >= 0.3 is 0 Å². The van der Waals surface area contributed by atoms with Crippen molar-refractivity contribution in [3.05, 3.63) is 34.1 Å². The van der Waals surface area contributed by atoms with Crippen LogP contribution in [0.2, 0.25) is 0 Å². The lowest BCUT2D eigenvalue weighted by Crippen LogP contribution is -2.38. The highest BCUT2D eigenvalue weighted by atomic mass is 79.9. The Kier molecular flexibility index (Phi) is 2.16. The van der Waals surface area contributed by atoms with Crippen LogP contribution < -0.4 is 0 Å². The summed E-state index contributed by atoms with van der Waals surface area (Å²) in [6.07, 6.45) is 0.889. The molecule has 1 aliphatic rings. The van der Waals surface area contributed by atoms with Crippen LogP contribution in [0.5, 0.6) is 0 Å². The monoisotopic (exact) mass is 244 g/mol. The third-order valence-electron chi connectivity index (χ3n) is 2.50. The van der Waals surface area contributed by atoms with Crippen molar-refractivity contribution in [3.63, 3.8) is 0 Å². The number of halogens is 2. The highest BCUT2D eigenvalue weighted by molar-refractivity contribution is 9.10. The third-order valence-corrected chi connectivity index (χ3v) is 2.99. The zero-order valence-corrected chi connectivity index (χ0v) is 8.90. The van der Waals surface area contributed by atoms with E-state index in [1.165, 1.54) is 6.07 Å². The normalized spacial score (nSPS) is 27.0. The Labute approximate surface area is 85.0 Å². The zero-order valence-electron chi connectivity index (χ0n) is 7.31. The van der Waals surface area contributed by atoms with Crippen molar-refractivity contribution < 1.29 is 9.13 Å². The van der Waals surface area contributed by atoms with Gasteiger partial charge < -0.3 is 4.74 Å². The molecule has 1 nitrogen and oxygen atoms in total. The predicted octanol–water partition coefficient (Wildman–Crippen LogP) is 3.22. The highest BCUT2D eigenvalue weighted by Gasteiger charge is 2.37. The molecule has 0 radical (unpaired) electrons. The molecule has 1 fully saturated rings. The molecule has 13 heavy (non-hydrogen) atoms. The SMILES string of the molecule is CC1(c2cc(Br)ccc2F)CCO1. The molecule has 1 unspecified atom stereocenters. The van der Waals surface area contributed by atoms with Crippen molar-refractivity contribution in [2.24, 2.45) is 0 Å². The predicted molar refractivity (Wildman–Crippen MR) is 52.0 cm³/mol. The van der Waals surface area contributed by atoms with E-state index in [9.17, 15) is 4.39 Å². The summed E-state index contributed by atoms with van der Waals surface area (Å²) in [4.78, 5) is 0. The summed E-state index contributed by atoms with van der Waals surface area (Å²) in [5.74, 6) is -0.189. The Morgan fingerprint density at radius 2 is 2.23 bits per heavy atom. The Bertz CT molecular complexity index is 334. The fraction of sp³-hybridized carbons (Fsp3) is 0.400. The minimum Gasteiger partial charge on any atom is -0.370 e. The van der Waals surface area contributed by atoms with E-state index in [1.54, 1.807) is 12.1 Å². The van der Waals surface area contributed by atoms with Gasteiger partial charge in [0.05, 0.1) is 12.2 Å². The first-order valence-corrected chi connectivity index (χ1v) is 5.01. The lowest BCUT2D eigenvalue weighted by molar-refractivity contribution is -0.142. The molecule has 0 saturated carbocycles. The lowest BCUT2D eigenvalue weighted by atomic mass is 9.88. The lowest BCUT2D eigenvalue weighted by Gasteiger charge is -2.39. The number of hydrogen-bond acceptors (Lipinski definition) is 1. The molecule has 70 valence electrons. The Morgan fingerprint density at radius 3 is 2.77 bits per heavy atom. The standard InChI is InChI=1S/C10H10BrFO/c1-10(4-5-13-10)8-6-7(11)2-3-9(8)12/h2-3,6H,4-5H2,1H3. The quantitative estimate of drug-likeness (QED) is 0.738.